The van der Waals surface area contributed by atoms with Crippen molar-refractivity contribution in [1.29, 1.82) is 0 Å². The standard InChI is InChI=1S/C12H21N3O5/c1-3-9(10(16)17)13-11(18)14-5-7-15(8-6-14)12(19)20-4-2/h9H,3-8H2,1-2H3,(H,13,18)(H,16,17). The number of hydrogen-bond acceptors (Lipinski definition) is 4. The van der Waals surface area contributed by atoms with Gasteiger partial charge in [-0.15, -0.1) is 0 Å². The van der Waals surface area contributed by atoms with Gasteiger partial charge in [0.15, 0.2) is 0 Å². The summed E-state index contributed by atoms with van der Waals surface area (Å²) in [6.45, 7) is 5.24. The summed E-state index contributed by atoms with van der Waals surface area (Å²) in [5, 5.41) is 11.3. The summed E-state index contributed by atoms with van der Waals surface area (Å²) in [5.74, 6) is -1.05. The third-order valence-electron chi connectivity index (χ3n) is 3.10. The van der Waals surface area contributed by atoms with Crippen LogP contribution in [0.1, 0.15) is 20.3 Å². The van der Waals surface area contributed by atoms with Gasteiger partial charge in [-0.2, -0.15) is 0 Å². The largest absolute Gasteiger partial charge is 0.480 e. The van der Waals surface area contributed by atoms with E-state index in [9.17, 15) is 14.4 Å². The van der Waals surface area contributed by atoms with Gasteiger partial charge in [-0.25, -0.2) is 14.4 Å². The molecule has 1 rings (SSSR count). The summed E-state index contributed by atoms with van der Waals surface area (Å²) in [5.41, 5.74) is 0. The number of hydrogen-bond donors (Lipinski definition) is 2. The monoisotopic (exact) mass is 287 g/mol. The van der Waals surface area contributed by atoms with Crippen LogP contribution in [0.15, 0.2) is 0 Å². The molecule has 8 heteroatoms. The molecule has 0 radical (unpaired) electrons. The van der Waals surface area contributed by atoms with Crippen LogP contribution in [-0.2, 0) is 9.53 Å². The van der Waals surface area contributed by atoms with Gasteiger partial charge in [0.25, 0.3) is 0 Å². The first-order valence-corrected chi connectivity index (χ1v) is 6.69. The summed E-state index contributed by atoms with van der Waals surface area (Å²) in [7, 11) is 0. The molecule has 1 fully saturated rings. The zero-order valence-corrected chi connectivity index (χ0v) is 11.8. The van der Waals surface area contributed by atoms with Crippen molar-refractivity contribution in [2.24, 2.45) is 0 Å². The van der Waals surface area contributed by atoms with E-state index in [1.165, 1.54) is 9.80 Å². The predicted octanol–water partition coefficient (Wildman–Crippen LogP) is 0.333. The first-order chi connectivity index (χ1) is 9.49. The number of aliphatic carboxylic acids is 1. The van der Waals surface area contributed by atoms with Crippen LogP contribution >= 0.6 is 0 Å². The molecular formula is C12H21N3O5. The van der Waals surface area contributed by atoms with Crippen molar-refractivity contribution >= 4 is 18.1 Å². The van der Waals surface area contributed by atoms with Crippen LogP contribution in [0.25, 0.3) is 0 Å². The topological polar surface area (TPSA) is 99.2 Å². The summed E-state index contributed by atoms with van der Waals surface area (Å²) >= 11 is 0. The van der Waals surface area contributed by atoms with Gasteiger partial charge in [0, 0.05) is 26.2 Å². The Labute approximate surface area is 117 Å². The Kier molecular flexibility index (Phi) is 6.08. The molecule has 0 saturated carbocycles. The fraction of sp³-hybridized carbons (Fsp3) is 0.750. The number of amides is 3. The molecule has 20 heavy (non-hydrogen) atoms. The minimum Gasteiger partial charge on any atom is -0.480 e. The lowest BCUT2D eigenvalue weighted by atomic mass is 10.2. The predicted molar refractivity (Wildman–Crippen MR) is 70.4 cm³/mol. The molecule has 8 nitrogen and oxygen atoms in total. The van der Waals surface area contributed by atoms with Crippen molar-refractivity contribution in [2.75, 3.05) is 32.8 Å². The zero-order valence-electron chi connectivity index (χ0n) is 11.8. The zero-order chi connectivity index (χ0) is 15.1. The van der Waals surface area contributed by atoms with Crippen LogP contribution in [0.3, 0.4) is 0 Å². The number of carbonyl (C=O) groups excluding carboxylic acids is 2. The van der Waals surface area contributed by atoms with Crippen LogP contribution in [-0.4, -0.2) is 71.8 Å². The molecule has 1 aliphatic heterocycles. The highest BCUT2D eigenvalue weighted by Gasteiger charge is 2.27. The number of rotatable bonds is 4. The van der Waals surface area contributed by atoms with Gasteiger partial charge in [-0.05, 0) is 13.3 Å². The maximum absolute atomic E-state index is 11.9. The van der Waals surface area contributed by atoms with Crippen LogP contribution in [0.2, 0.25) is 0 Å². The Bertz CT molecular complexity index is 366. The van der Waals surface area contributed by atoms with Crippen molar-refractivity contribution in [3.8, 4) is 0 Å². The molecule has 1 saturated heterocycles. The Morgan fingerprint density at radius 3 is 2.15 bits per heavy atom. The van der Waals surface area contributed by atoms with Gasteiger partial charge >= 0.3 is 18.1 Å². The SMILES string of the molecule is CCOC(=O)N1CCN(C(=O)NC(CC)C(=O)O)CC1. The van der Waals surface area contributed by atoms with E-state index in [0.29, 0.717) is 39.2 Å². The Morgan fingerprint density at radius 2 is 1.70 bits per heavy atom. The molecule has 2 N–H and O–H groups in total. The Hall–Kier alpha value is -1.99. The average molecular weight is 287 g/mol. The summed E-state index contributed by atoms with van der Waals surface area (Å²) in [4.78, 5) is 37.3. The summed E-state index contributed by atoms with van der Waals surface area (Å²) in [6, 6.07) is -1.30. The van der Waals surface area contributed by atoms with E-state index in [0.717, 1.165) is 0 Å². The second kappa shape index (κ2) is 7.56. The fourth-order valence-electron chi connectivity index (χ4n) is 1.89. The lowest BCUT2D eigenvalue weighted by Crippen LogP contribution is -2.55. The number of ether oxygens (including phenoxy) is 1. The van der Waals surface area contributed by atoms with Crippen molar-refractivity contribution < 1.29 is 24.2 Å². The number of piperazine rings is 1. The third-order valence-corrected chi connectivity index (χ3v) is 3.10. The van der Waals surface area contributed by atoms with Crippen LogP contribution in [0, 0.1) is 0 Å². The molecule has 0 aromatic rings. The molecule has 1 unspecified atom stereocenters. The molecule has 1 aliphatic rings. The number of carboxylic acids is 1. The molecule has 0 spiro atoms. The minimum absolute atomic E-state index is 0.316. The number of nitrogens with one attached hydrogen (secondary N) is 1. The molecule has 0 aliphatic carbocycles. The number of carbonyl (C=O) groups is 3. The molecule has 1 atom stereocenters. The Balaban J connectivity index is 2.43. The second-order valence-corrected chi connectivity index (χ2v) is 4.42. The molecule has 0 bridgehead atoms. The number of nitrogens with zero attached hydrogens (tertiary/aromatic N) is 2. The van der Waals surface area contributed by atoms with Crippen LogP contribution < -0.4 is 5.32 Å². The molecule has 1 heterocycles. The maximum Gasteiger partial charge on any atom is 0.409 e. The van der Waals surface area contributed by atoms with E-state index >= 15 is 0 Å². The second-order valence-electron chi connectivity index (χ2n) is 4.42. The third kappa shape index (κ3) is 4.29. The van der Waals surface area contributed by atoms with Crippen molar-refractivity contribution in [3.05, 3.63) is 0 Å². The molecule has 0 aromatic heterocycles. The highest BCUT2D eigenvalue weighted by atomic mass is 16.6. The van der Waals surface area contributed by atoms with Gasteiger partial charge in [0.1, 0.15) is 6.04 Å². The quantitative estimate of drug-likeness (QED) is 0.776. The van der Waals surface area contributed by atoms with E-state index in [2.05, 4.69) is 5.32 Å². The van der Waals surface area contributed by atoms with E-state index in [1.807, 2.05) is 0 Å². The Morgan fingerprint density at radius 1 is 1.15 bits per heavy atom. The van der Waals surface area contributed by atoms with Crippen molar-refractivity contribution in [3.63, 3.8) is 0 Å². The number of urea groups is 1. The van der Waals surface area contributed by atoms with Gasteiger partial charge in [-0.1, -0.05) is 6.92 Å². The van der Waals surface area contributed by atoms with E-state index in [1.54, 1.807) is 13.8 Å². The molecular weight excluding hydrogens is 266 g/mol. The van der Waals surface area contributed by atoms with Crippen LogP contribution in [0.5, 0.6) is 0 Å². The minimum atomic E-state index is -1.05. The number of carboxylic acid groups (broad SMARTS) is 1. The molecule has 3 amide bonds. The normalized spacial score (nSPS) is 16.5. The maximum atomic E-state index is 11.9. The molecule has 0 aromatic carbocycles. The van der Waals surface area contributed by atoms with Crippen molar-refractivity contribution in [1.82, 2.24) is 15.1 Å². The van der Waals surface area contributed by atoms with Gasteiger partial charge in [0.2, 0.25) is 0 Å². The van der Waals surface area contributed by atoms with E-state index < -0.39 is 18.0 Å². The summed E-state index contributed by atoms with van der Waals surface area (Å²) in [6.07, 6.45) is -0.0614. The highest BCUT2D eigenvalue weighted by Crippen LogP contribution is 2.05. The van der Waals surface area contributed by atoms with E-state index in [-0.39, 0.29) is 6.09 Å². The van der Waals surface area contributed by atoms with Gasteiger partial charge in [-0.3, -0.25) is 0 Å². The summed E-state index contributed by atoms with van der Waals surface area (Å²) < 4.78 is 4.88. The lowest BCUT2D eigenvalue weighted by molar-refractivity contribution is -0.139. The first kappa shape index (κ1) is 16.1. The van der Waals surface area contributed by atoms with Crippen molar-refractivity contribution in [2.45, 2.75) is 26.3 Å². The lowest BCUT2D eigenvalue weighted by Gasteiger charge is -2.34. The smallest absolute Gasteiger partial charge is 0.409 e. The molecule has 114 valence electrons. The first-order valence-electron chi connectivity index (χ1n) is 6.69. The van der Waals surface area contributed by atoms with Crippen LogP contribution in [0.4, 0.5) is 9.59 Å². The van der Waals surface area contributed by atoms with Gasteiger partial charge < -0.3 is 25.0 Å². The highest BCUT2D eigenvalue weighted by molar-refractivity contribution is 5.82. The average Bonchev–Trinajstić information content (AvgIpc) is 2.44. The van der Waals surface area contributed by atoms with E-state index in [4.69, 9.17) is 9.84 Å². The van der Waals surface area contributed by atoms with Gasteiger partial charge in [0.05, 0.1) is 6.61 Å². The fourth-order valence-corrected chi connectivity index (χ4v) is 1.89.